The summed E-state index contributed by atoms with van der Waals surface area (Å²) in [6, 6.07) is 8.43. The topological polar surface area (TPSA) is 105 Å². The van der Waals surface area contributed by atoms with E-state index in [1.165, 1.54) is 36.0 Å². The van der Waals surface area contributed by atoms with Crippen LogP contribution in [-0.2, 0) is 16.0 Å². The lowest BCUT2D eigenvalue weighted by atomic mass is 9.87. The van der Waals surface area contributed by atoms with E-state index in [2.05, 4.69) is 10.6 Å². The molecule has 0 bridgehead atoms. The highest BCUT2D eigenvalue weighted by Crippen LogP contribution is 2.37. The number of aliphatic carboxylic acids is 1. The van der Waals surface area contributed by atoms with Crippen molar-refractivity contribution >= 4 is 29.5 Å². The molecule has 3 N–H and O–H groups in total. The van der Waals surface area contributed by atoms with E-state index in [0.717, 1.165) is 16.5 Å². The van der Waals surface area contributed by atoms with Gasteiger partial charge < -0.3 is 20.5 Å². The van der Waals surface area contributed by atoms with Gasteiger partial charge in [0.1, 0.15) is 5.82 Å². The van der Waals surface area contributed by atoms with E-state index >= 15 is 0 Å². The van der Waals surface area contributed by atoms with Crippen LogP contribution in [0.3, 0.4) is 0 Å². The average Bonchev–Trinajstić information content (AvgIpc) is 3.26. The zero-order valence-electron chi connectivity index (χ0n) is 18.9. The summed E-state index contributed by atoms with van der Waals surface area (Å²) in [6.45, 7) is 0.366. The molecule has 1 heterocycles. The number of amides is 2. The van der Waals surface area contributed by atoms with Crippen LogP contribution in [0.15, 0.2) is 41.3 Å². The number of benzene rings is 2. The second kappa shape index (κ2) is 11.1. The molecule has 1 unspecified atom stereocenters. The summed E-state index contributed by atoms with van der Waals surface area (Å²) in [5, 5.41) is 14.1. The highest BCUT2D eigenvalue weighted by molar-refractivity contribution is 8.01. The highest BCUT2D eigenvalue weighted by atomic mass is 32.2. The van der Waals surface area contributed by atoms with Crippen LogP contribution in [0.4, 0.5) is 8.78 Å². The molecule has 186 valence electrons. The van der Waals surface area contributed by atoms with Gasteiger partial charge in [-0.15, -0.1) is 11.8 Å². The van der Waals surface area contributed by atoms with E-state index in [1.807, 2.05) is 0 Å². The summed E-state index contributed by atoms with van der Waals surface area (Å²) in [5.41, 5.74) is 0.936. The van der Waals surface area contributed by atoms with Gasteiger partial charge in [0.25, 0.3) is 5.91 Å². The van der Waals surface area contributed by atoms with Gasteiger partial charge in [-0.25, -0.2) is 8.78 Å². The number of rotatable bonds is 8. The van der Waals surface area contributed by atoms with Crippen LogP contribution >= 0.6 is 11.8 Å². The van der Waals surface area contributed by atoms with Crippen LogP contribution in [0, 0.1) is 17.6 Å². The molecule has 0 spiro atoms. The molecule has 7 nitrogen and oxygen atoms in total. The second-order valence-electron chi connectivity index (χ2n) is 8.68. The van der Waals surface area contributed by atoms with Gasteiger partial charge in [-0.05, 0) is 74.1 Å². The minimum Gasteiger partial charge on any atom is -0.487 e. The van der Waals surface area contributed by atoms with E-state index in [1.54, 1.807) is 6.07 Å². The van der Waals surface area contributed by atoms with Crippen molar-refractivity contribution in [1.29, 1.82) is 0 Å². The third-order valence-corrected chi connectivity index (χ3v) is 7.53. The molecule has 10 heteroatoms. The zero-order valence-corrected chi connectivity index (χ0v) is 19.7. The number of halogens is 2. The number of carboxylic acid groups (broad SMARTS) is 1. The van der Waals surface area contributed by atoms with Crippen LogP contribution in [0.25, 0.3) is 0 Å². The van der Waals surface area contributed by atoms with Gasteiger partial charge >= 0.3 is 5.97 Å². The Balaban J connectivity index is 1.19. The lowest BCUT2D eigenvalue weighted by Gasteiger charge is -2.27. The molecule has 2 amide bonds. The summed E-state index contributed by atoms with van der Waals surface area (Å²) < 4.78 is 33.5. The van der Waals surface area contributed by atoms with Crippen molar-refractivity contribution in [2.75, 3.05) is 13.1 Å². The third kappa shape index (κ3) is 6.30. The van der Waals surface area contributed by atoms with Crippen molar-refractivity contribution in [2.24, 2.45) is 5.92 Å². The van der Waals surface area contributed by atoms with Crippen molar-refractivity contribution < 1.29 is 33.0 Å². The Morgan fingerprint density at radius 2 is 1.74 bits per heavy atom. The van der Waals surface area contributed by atoms with Gasteiger partial charge in [0.2, 0.25) is 5.91 Å². The molecule has 0 aromatic heterocycles. The van der Waals surface area contributed by atoms with Crippen LogP contribution in [0.5, 0.6) is 5.75 Å². The highest BCUT2D eigenvalue weighted by Gasteiger charge is 2.29. The van der Waals surface area contributed by atoms with Gasteiger partial charge in [0.15, 0.2) is 11.6 Å². The van der Waals surface area contributed by atoms with Crippen molar-refractivity contribution in [3.8, 4) is 5.75 Å². The molecular formula is C25H26F2N2O5S. The number of hydrogen-bond donors (Lipinski definition) is 3. The van der Waals surface area contributed by atoms with Gasteiger partial charge in [-0.3, -0.25) is 14.4 Å². The van der Waals surface area contributed by atoms with Crippen LogP contribution < -0.4 is 15.4 Å². The van der Waals surface area contributed by atoms with E-state index in [-0.39, 0.29) is 53.4 Å². The smallest absolute Gasteiger partial charge is 0.306 e. The normalized spacial score (nSPS) is 21.1. The summed E-state index contributed by atoms with van der Waals surface area (Å²) in [7, 11) is 0. The summed E-state index contributed by atoms with van der Waals surface area (Å²) in [5.74, 6) is -2.83. The van der Waals surface area contributed by atoms with Crippen molar-refractivity contribution in [3.05, 3.63) is 59.2 Å². The SMILES string of the molecule is O=C(NCCNC(=O)C1Cc2cc(F)ccc2S1)c1ccc(O[C@H]2CC[C@@H](C(=O)O)CC2)c(F)c1. The fourth-order valence-corrected chi connectivity index (χ4v) is 5.49. The second-order valence-corrected chi connectivity index (χ2v) is 9.93. The Morgan fingerprint density at radius 3 is 2.46 bits per heavy atom. The Hall–Kier alpha value is -3.14. The number of fused-ring (bicyclic) bond motifs is 1. The first-order chi connectivity index (χ1) is 16.8. The number of ether oxygens (including phenoxy) is 1. The maximum Gasteiger partial charge on any atom is 0.306 e. The van der Waals surface area contributed by atoms with E-state index in [4.69, 9.17) is 9.84 Å². The minimum atomic E-state index is -0.816. The fraction of sp³-hybridized carbons (Fsp3) is 0.400. The van der Waals surface area contributed by atoms with Gasteiger partial charge in [-0.2, -0.15) is 0 Å². The van der Waals surface area contributed by atoms with Crippen molar-refractivity contribution in [1.82, 2.24) is 10.6 Å². The molecule has 1 fully saturated rings. The Kier molecular flexibility index (Phi) is 7.90. The fourth-order valence-electron chi connectivity index (χ4n) is 4.29. The molecule has 35 heavy (non-hydrogen) atoms. The number of carboxylic acids is 1. The molecule has 1 aliphatic carbocycles. The number of carbonyl (C=O) groups excluding carboxylic acids is 2. The Bertz CT molecular complexity index is 1120. The van der Waals surface area contributed by atoms with E-state index < -0.39 is 17.7 Å². The summed E-state index contributed by atoms with van der Waals surface area (Å²) in [6.07, 6.45) is 2.24. The van der Waals surface area contributed by atoms with Gasteiger partial charge in [0, 0.05) is 23.5 Å². The molecule has 2 aromatic rings. The lowest BCUT2D eigenvalue weighted by Crippen LogP contribution is -2.38. The zero-order chi connectivity index (χ0) is 24.9. The molecule has 1 aliphatic heterocycles. The van der Waals surface area contributed by atoms with Crippen LogP contribution in [0.2, 0.25) is 0 Å². The lowest BCUT2D eigenvalue weighted by molar-refractivity contribution is -0.143. The maximum atomic E-state index is 14.5. The first-order valence-electron chi connectivity index (χ1n) is 11.5. The molecule has 4 rings (SSSR count). The standard InChI is InChI=1S/C25H26F2N2O5S/c26-17-4-8-21-16(11-17)13-22(35-21)24(31)29-10-9-28-23(30)15-3-7-20(19(27)12-15)34-18-5-1-14(2-6-18)25(32)33/h3-4,7-8,11-12,14,18,22H,1-2,5-6,9-10,13H2,(H,28,30)(H,29,31)(H,32,33)/t14-,18+,22?. The van der Waals surface area contributed by atoms with Gasteiger partial charge in [0.05, 0.1) is 17.3 Å². The third-order valence-electron chi connectivity index (χ3n) is 6.21. The number of nitrogens with one attached hydrogen (secondary N) is 2. The first kappa shape index (κ1) is 25.0. The minimum absolute atomic E-state index is 0.0301. The molecule has 1 atom stereocenters. The van der Waals surface area contributed by atoms with E-state index in [9.17, 15) is 23.2 Å². The molecule has 2 aliphatic rings. The molecule has 1 saturated carbocycles. The predicted octanol–water partition coefficient (Wildman–Crippen LogP) is 3.55. The van der Waals surface area contributed by atoms with E-state index in [0.29, 0.717) is 32.1 Å². The molecular weight excluding hydrogens is 478 g/mol. The molecule has 0 saturated heterocycles. The number of hydrogen-bond acceptors (Lipinski definition) is 5. The number of carbonyl (C=O) groups is 3. The van der Waals surface area contributed by atoms with Crippen molar-refractivity contribution in [3.63, 3.8) is 0 Å². The van der Waals surface area contributed by atoms with Crippen molar-refractivity contribution in [2.45, 2.75) is 48.4 Å². The Morgan fingerprint density at radius 1 is 1.00 bits per heavy atom. The predicted molar refractivity (Wildman–Crippen MR) is 126 cm³/mol. The van der Waals surface area contributed by atoms with Gasteiger partial charge in [-0.1, -0.05) is 0 Å². The average molecular weight is 505 g/mol. The summed E-state index contributed by atoms with van der Waals surface area (Å²) in [4.78, 5) is 36.7. The monoisotopic (exact) mass is 504 g/mol. The van der Waals surface area contributed by atoms with Crippen LogP contribution in [0.1, 0.15) is 41.6 Å². The summed E-state index contributed by atoms with van der Waals surface area (Å²) >= 11 is 1.39. The number of thioether (sulfide) groups is 1. The first-order valence-corrected chi connectivity index (χ1v) is 12.4. The van der Waals surface area contributed by atoms with Crippen LogP contribution in [-0.4, -0.2) is 47.3 Å². The molecule has 0 radical (unpaired) electrons. The Labute approximate surface area is 205 Å². The molecule has 2 aromatic carbocycles. The quantitative estimate of drug-likeness (QED) is 0.475. The maximum absolute atomic E-state index is 14.5. The largest absolute Gasteiger partial charge is 0.487 e.